The summed E-state index contributed by atoms with van der Waals surface area (Å²) in [4.78, 5) is 22.1. The number of amides is 1. The second-order valence-electron chi connectivity index (χ2n) is 8.54. The Balaban J connectivity index is 1.27. The summed E-state index contributed by atoms with van der Waals surface area (Å²) in [5.41, 5.74) is 3.12. The number of carbonyl (C=O) groups excluding carboxylic acids is 1. The van der Waals surface area contributed by atoms with E-state index in [1.807, 2.05) is 4.90 Å². The van der Waals surface area contributed by atoms with Gasteiger partial charge < -0.3 is 15.1 Å². The van der Waals surface area contributed by atoms with E-state index in [0.29, 0.717) is 25.6 Å². The molecule has 0 spiro atoms. The van der Waals surface area contributed by atoms with Gasteiger partial charge in [-0.1, -0.05) is 18.2 Å². The maximum Gasteiger partial charge on any atom is 0.227 e. The van der Waals surface area contributed by atoms with Crippen molar-refractivity contribution in [3.05, 3.63) is 59.0 Å². The lowest BCUT2D eigenvalue weighted by molar-refractivity contribution is -0.131. The van der Waals surface area contributed by atoms with Crippen LogP contribution >= 0.6 is 0 Å². The molecule has 1 N–H and O–H groups in total. The minimum atomic E-state index is -0.275. The predicted octanol–water partition coefficient (Wildman–Crippen LogP) is 2.54. The molecule has 4 heterocycles. The van der Waals surface area contributed by atoms with E-state index < -0.39 is 0 Å². The Kier molecular flexibility index (Phi) is 4.96. The Morgan fingerprint density at radius 2 is 2.07 bits per heavy atom. The Morgan fingerprint density at radius 1 is 1.21 bits per heavy atom. The fraction of sp³-hybridized carbons (Fsp3) is 0.478. The van der Waals surface area contributed by atoms with Crippen LogP contribution in [0, 0.1) is 11.7 Å². The zero-order valence-corrected chi connectivity index (χ0v) is 16.6. The van der Waals surface area contributed by atoms with Crippen molar-refractivity contribution in [2.24, 2.45) is 5.92 Å². The van der Waals surface area contributed by atoms with E-state index in [9.17, 15) is 9.18 Å². The van der Waals surface area contributed by atoms with Gasteiger partial charge in [-0.15, -0.1) is 0 Å². The highest BCUT2D eigenvalue weighted by molar-refractivity contribution is 5.79. The fourth-order valence-electron chi connectivity index (χ4n) is 4.94. The average molecular weight is 394 g/mol. The van der Waals surface area contributed by atoms with Crippen molar-refractivity contribution >= 4 is 11.7 Å². The highest BCUT2D eigenvalue weighted by atomic mass is 19.1. The van der Waals surface area contributed by atoms with Crippen LogP contribution in [0.25, 0.3) is 0 Å². The van der Waals surface area contributed by atoms with Gasteiger partial charge in [0.25, 0.3) is 0 Å². The van der Waals surface area contributed by atoms with E-state index in [1.54, 1.807) is 12.1 Å². The summed E-state index contributed by atoms with van der Waals surface area (Å²) in [5.74, 6) is 1.67. The second kappa shape index (κ2) is 7.75. The average Bonchev–Trinajstić information content (AvgIpc) is 2.99. The van der Waals surface area contributed by atoms with Crippen LogP contribution in [0.4, 0.5) is 10.2 Å². The number of carbonyl (C=O) groups is 1. The molecule has 0 saturated carbocycles. The zero-order valence-electron chi connectivity index (χ0n) is 16.6. The maximum absolute atomic E-state index is 13.1. The van der Waals surface area contributed by atoms with Gasteiger partial charge in [0.2, 0.25) is 5.91 Å². The van der Waals surface area contributed by atoms with Gasteiger partial charge in [-0.3, -0.25) is 4.79 Å². The van der Waals surface area contributed by atoms with Crippen LogP contribution in [0.3, 0.4) is 0 Å². The predicted molar refractivity (Wildman–Crippen MR) is 110 cm³/mol. The number of halogens is 1. The third kappa shape index (κ3) is 3.86. The van der Waals surface area contributed by atoms with E-state index in [2.05, 4.69) is 22.3 Å². The summed E-state index contributed by atoms with van der Waals surface area (Å²) in [7, 11) is 0. The normalized spacial score (nSPS) is 23.6. The van der Waals surface area contributed by atoms with Gasteiger partial charge in [0.1, 0.15) is 11.6 Å². The minimum absolute atomic E-state index is 0.0852. The van der Waals surface area contributed by atoms with Crippen LogP contribution in [0.15, 0.2) is 36.4 Å². The highest BCUT2D eigenvalue weighted by Crippen LogP contribution is 2.32. The van der Waals surface area contributed by atoms with Crippen LogP contribution in [0.5, 0.6) is 0 Å². The monoisotopic (exact) mass is 394 g/mol. The molecule has 3 aliphatic rings. The molecule has 2 unspecified atom stereocenters. The van der Waals surface area contributed by atoms with E-state index in [0.717, 1.165) is 54.6 Å². The van der Waals surface area contributed by atoms with Crippen molar-refractivity contribution < 1.29 is 9.18 Å². The van der Waals surface area contributed by atoms with Crippen molar-refractivity contribution in [1.82, 2.24) is 15.2 Å². The molecule has 6 heteroatoms. The first-order valence-electron chi connectivity index (χ1n) is 10.6. The molecule has 0 radical (unpaired) electrons. The lowest BCUT2D eigenvalue weighted by Crippen LogP contribution is -2.40. The Labute approximate surface area is 170 Å². The van der Waals surface area contributed by atoms with Gasteiger partial charge in [0.05, 0.1) is 6.42 Å². The van der Waals surface area contributed by atoms with Crippen LogP contribution < -0.4 is 10.2 Å². The summed E-state index contributed by atoms with van der Waals surface area (Å²) < 4.78 is 13.1. The minimum Gasteiger partial charge on any atom is -0.352 e. The fourth-order valence-corrected chi connectivity index (χ4v) is 4.94. The van der Waals surface area contributed by atoms with Crippen LogP contribution in [0.2, 0.25) is 0 Å². The summed E-state index contributed by atoms with van der Waals surface area (Å²) in [5, 5.41) is 3.55. The third-order valence-corrected chi connectivity index (χ3v) is 6.56. The van der Waals surface area contributed by atoms with Gasteiger partial charge in [-0.25, -0.2) is 9.37 Å². The lowest BCUT2D eigenvalue weighted by atomic mass is 10.0. The van der Waals surface area contributed by atoms with Crippen molar-refractivity contribution in [2.75, 3.05) is 31.1 Å². The van der Waals surface area contributed by atoms with Gasteiger partial charge >= 0.3 is 0 Å². The standard InChI is InChI=1S/C23H27FN4O/c24-19-4-1-16(2-5-19)12-23(29)27-10-8-21-18(15-27)3-6-22(26-21)28-14-17-7-9-25-13-20(28)11-17/h1-6,17,20,25H,7-15H2. The molecule has 0 aliphatic carbocycles. The number of nitrogens with zero attached hydrogens (tertiary/aromatic N) is 3. The molecule has 2 bridgehead atoms. The topological polar surface area (TPSA) is 48.5 Å². The zero-order chi connectivity index (χ0) is 19.8. The number of rotatable bonds is 3. The molecular formula is C23H27FN4O. The number of aromatic nitrogens is 1. The molecule has 5 nitrogen and oxygen atoms in total. The Morgan fingerprint density at radius 3 is 2.93 bits per heavy atom. The molecule has 1 aromatic carbocycles. The number of fused-ring (bicyclic) bond motifs is 3. The molecule has 2 atom stereocenters. The van der Waals surface area contributed by atoms with Crippen molar-refractivity contribution in [3.63, 3.8) is 0 Å². The summed E-state index contributed by atoms with van der Waals surface area (Å²) >= 11 is 0. The molecule has 1 amide bonds. The molecule has 2 fully saturated rings. The highest BCUT2D eigenvalue weighted by Gasteiger charge is 2.34. The number of nitrogens with one attached hydrogen (secondary N) is 1. The first-order valence-corrected chi connectivity index (χ1v) is 10.6. The molecule has 2 aromatic rings. The molecule has 152 valence electrons. The maximum atomic E-state index is 13.1. The largest absolute Gasteiger partial charge is 0.352 e. The first-order chi connectivity index (χ1) is 14.2. The molecule has 29 heavy (non-hydrogen) atoms. The van der Waals surface area contributed by atoms with Crippen molar-refractivity contribution in [1.29, 1.82) is 0 Å². The number of anilines is 1. The van der Waals surface area contributed by atoms with Crippen molar-refractivity contribution in [2.45, 2.75) is 38.3 Å². The van der Waals surface area contributed by atoms with Gasteiger partial charge in [0, 0.05) is 44.3 Å². The third-order valence-electron chi connectivity index (χ3n) is 6.56. The smallest absolute Gasteiger partial charge is 0.227 e. The quantitative estimate of drug-likeness (QED) is 0.869. The molecule has 1 aromatic heterocycles. The Bertz CT molecular complexity index is 900. The molecule has 5 rings (SSSR count). The van der Waals surface area contributed by atoms with Gasteiger partial charge in [-0.05, 0) is 54.6 Å². The van der Waals surface area contributed by atoms with Crippen LogP contribution in [-0.4, -0.2) is 48.0 Å². The number of hydrogen-bond donors (Lipinski definition) is 1. The van der Waals surface area contributed by atoms with Crippen LogP contribution in [-0.2, 0) is 24.2 Å². The summed E-state index contributed by atoms with van der Waals surface area (Å²) in [6.07, 6.45) is 3.62. The number of pyridine rings is 1. The van der Waals surface area contributed by atoms with Gasteiger partial charge in [-0.2, -0.15) is 0 Å². The van der Waals surface area contributed by atoms with E-state index in [1.165, 1.54) is 25.0 Å². The lowest BCUT2D eigenvalue weighted by Gasteiger charge is -2.31. The summed E-state index contributed by atoms with van der Waals surface area (Å²) in [6, 6.07) is 11.0. The summed E-state index contributed by atoms with van der Waals surface area (Å²) in [6.45, 7) is 4.59. The molecular weight excluding hydrogens is 367 g/mol. The van der Waals surface area contributed by atoms with E-state index in [-0.39, 0.29) is 11.7 Å². The Hall–Kier alpha value is -2.47. The molecule has 3 aliphatic heterocycles. The first kappa shape index (κ1) is 18.6. The van der Waals surface area contributed by atoms with Crippen molar-refractivity contribution in [3.8, 4) is 0 Å². The van der Waals surface area contributed by atoms with E-state index >= 15 is 0 Å². The molecule has 2 saturated heterocycles. The van der Waals surface area contributed by atoms with E-state index in [4.69, 9.17) is 4.98 Å². The van der Waals surface area contributed by atoms with Crippen LogP contribution in [0.1, 0.15) is 29.7 Å². The second-order valence-corrected chi connectivity index (χ2v) is 8.54. The number of hydrogen-bond acceptors (Lipinski definition) is 4. The SMILES string of the molecule is O=C(Cc1ccc(F)cc1)N1CCc2nc(N3CC4CCNCC3C4)ccc2C1. The number of benzene rings is 1. The van der Waals surface area contributed by atoms with Gasteiger partial charge in [0.15, 0.2) is 0 Å².